The molecule has 0 spiro atoms. The van der Waals surface area contributed by atoms with Gasteiger partial charge in [-0.1, -0.05) is 0 Å². The molecule has 0 aliphatic heterocycles. The van der Waals surface area contributed by atoms with Crippen LogP contribution in [0.4, 0.5) is 13.2 Å². The molecule has 0 N–H and O–H groups in total. The van der Waals surface area contributed by atoms with E-state index in [0.717, 1.165) is 11.3 Å². The van der Waals surface area contributed by atoms with Gasteiger partial charge in [0.1, 0.15) is 5.82 Å². The second-order valence-corrected chi connectivity index (χ2v) is 4.72. The summed E-state index contributed by atoms with van der Waals surface area (Å²) in [6.07, 6.45) is -2.50. The van der Waals surface area contributed by atoms with Gasteiger partial charge in [0.25, 0.3) is 0 Å². The molecule has 6 nitrogen and oxygen atoms in total. The van der Waals surface area contributed by atoms with Crippen molar-refractivity contribution in [2.45, 2.75) is 13.1 Å². The summed E-state index contributed by atoms with van der Waals surface area (Å²) in [4.78, 5) is 34.0. The molecule has 0 saturated heterocycles. The van der Waals surface area contributed by atoms with E-state index in [9.17, 15) is 22.8 Å². The number of hydrogen-bond acceptors (Lipinski definition) is 7. The van der Waals surface area contributed by atoms with Gasteiger partial charge < -0.3 is 4.74 Å². The number of halogens is 3. The largest absolute Gasteiger partial charge is 0.491 e. The third-order valence-corrected chi connectivity index (χ3v) is 3.13. The monoisotopic (exact) mass is 317 g/mol. The summed E-state index contributed by atoms with van der Waals surface area (Å²) in [6, 6.07) is 1.55. The molecule has 2 rings (SSSR count). The molecule has 0 amide bonds. The molecule has 0 unspecified atom stereocenters. The predicted octanol–water partition coefficient (Wildman–Crippen LogP) is 2.15. The second-order valence-electron chi connectivity index (χ2n) is 3.69. The predicted molar refractivity (Wildman–Crippen MR) is 64.4 cm³/mol. The van der Waals surface area contributed by atoms with Gasteiger partial charge in [-0.2, -0.15) is 13.2 Å². The number of carbonyl (C=O) groups excluding carboxylic acids is 2. The van der Waals surface area contributed by atoms with Gasteiger partial charge in [-0.25, -0.2) is 24.5 Å². The van der Waals surface area contributed by atoms with E-state index in [-0.39, 0.29) is 5.01 Å². The molecule has 0 bridgehead atoms. The van der Waals surface area contributed by atoms with Crippen LogP contribution in [0, 0.1) is 6.92 Å². The van der Waals surface area contributed by atoms with Gasteiger partial charge in [0.05, 0.1) is 10.6 Å². The van der Waals surface area contributed by atoms with E-state index in [2.05, 4.69) is 19.7 Å². The molecule has 110 valence electrons. The van der Waals surface area contributed by atoms with Crippen LogP contribution in [0.15, 0.2) is 18.5 Å². The lowest BCUT2D eigenvalue weighted by atomic mass is 10.3. The smallest absolute Gasteiger partial charge is 0.381 e. The van der Waals surface area contributed by atoms with E-state index in [0.29, 0.717) is 16.4 Å². The van der Waals surface area contributed by atoms with Crippen LogP contribution in [0.1, 0.15) is 15.6 Å². The number of aryl methyl sites for hydroxylation is 1. The third kappa shape index (κ3) is 3.60. The Morgan fingerprint density at radius 3 is 2.62 bits per heavy atom. The minimum atomic E-state index is -5.24. The molecule has 10 heteroatoms. The van der Waals surface area contributed by atoms with Crippen LogP contribution >= 0.6 is 11.3 Å². The molecule has 0 aromatic carbocycles. The van der Waals surface area contributed by atoms with Gasteiger partial charge in [-0.15, -0.1) is 11.3 Å². The molecule has 0 atom stereocenters. The van der Waals surface area contributed by atoms with Crippen molar-refractivity contribution in [1.29, 1.82) is 0 Å². The summed E-state index contributed by atoms with van der Waals surface area (Å²) >= 11 is 0.760. The number of nitrogens with zero attached hydrogens (tertiary/aromatic N) is 3. The topological polar surface area (TPSA) is 82.0 Å². The Morgan fingerprint density at radius 1 is 1.29 bits per heavy atom. The van der Waals surface area contributed by atoms with Crippen molar-refractivity contribution in [2.24, 2.45) is 0 Å². The lowest BCUT2D eigenvalue weighted by Crippen LogP contribution is -2.27. The summed E-state index contributed by atoms with van der Waals surface area (Å²) in [5, 5.41) is -0.376. The van der Waals surface area contributed by atoms with E-state index in [4.69, 9.17) is 0 Å². The van der Waals surface area contributed by atoms with Crippen molar-refractivity contribution >= 4 is 23.3 Å². The third-order valence-electron chi connectivity index (χ3n) is 2.13. The van der Waals surface area contributed by atoms with E-state index < -0.39 is 18.1 Å². The zero-order valence-electron chi connectivity index (χ0n) is 10.3. The quantitative estimate of drug-likeness (QED) is 0.623. The van der Waals surface area contributed by atoms with Crippen LogP contribution in [-0.4, -0.2) is 33.1 Å². The van der Waals surface area contributed by atoms with Crippen molar-refractivity contribution in [3.63, 3.8) is 0 Å². The number of alkyl halides is 3. The fourth-order valence-corrected chi connectivity index (χ4v) is 2.03. The van der Waals surface area contributed by atoms with Gasteiger partial charge >= 0.3 is 18.1 Å². The van der Waals surface area contributed by atoms with Crippen LogP contribution in [0.3, 0.4) is 0 Å². The van der Waals surface area contributed by atoms with E-state index in [1.165, 1.54) is 12.4 Å². The highest BCUT2D eigenvalue weighted by atomic mass is 32.1. The average Bonchev–Trinajstić information content (AvgIpc) is 2.87. The molecule has 2 aromatic heterocycles. The maximum Gasteiger partial charge on any atom is 0.491 e. The fourth-order valence-electron chi connectivity index (χ4n) is 1.27. The highest BCUT2D eigenvalue weighted by Gasteiger charge is 2.43. The molecule has 0 fully saturated rings. The van der Waals surface area contributed by atoms with Crippen molar-refractivity contribution in [2.75, 3.05) is 0 Å². The molecule has 2 aromatic rings. The number of esters is 2. The summed E-state index contributed by atoms with van der Waals surface area (Å²) in [6.45, 7) is 1.65. The summed E-state index contributed by atoms with van der Waals surface area (Å²) in [5.74, 6) is -3.56. The van der Waals surface area contributed by atoms with Crippen molar-refractivity contribution in [3.05, 3.63) is 29.3 Å². The van der Waals surface area contributed by atoms with Gasteiger partial charge in [-0.05, 0) is 13.0 Å². The molecule has 0 radical (unpaired) electrons. The highest BCUT2D eigenvalue weighted by Crippen LogP contribution is 2.25. The molecule has 0 aliphatic carbocycles. The lowest BCUT2D eigenvalue weighted by molar-refractivity contribution is -0.193. The Balaban J connectivity index is 2.17. The maximum absolute atomic E-state index is 12.0. The summed E-state index contributed by atoms with van der Waals surface area (Å²) in [5.41, 5.74) is 0.459. The van der Waals surface area contributed by atoms with Crippen LogP contribution in [0.2, 0.25) is 0 Å². The first kappa shape index (κ1) is 15.0. The molecule has 0 aliphatic rings. The second kappa shape index (κ2) is 5.56. The van der Waals surface area contributed by atoms with Crippen molar-refractivity contribution < 1.29 is 27.5 Å². The number of hydrogen-bond donors (Lipinski definition) is 0. The first-order chi connectivity index (χ1) is 9.77. The zero-order valence-corrected chi connectivity index (χ0v) is 11.2. The van der Waals surface area contributed by atoms with Crippen molar-refractivity contribution in [1.82, 2.24) is 15.0 Å². The molecule has 2 heterocycles. The van der Waals surface area contributed by atoms with Crippen LogP contribution in [0.25, 0.3) is 10.6 Å². The minimum Gasteiger partial charge on any atom is -0.381 e. The van der Waals surface area contributed by atoms with E-state index >= 15 is 0 Å². The first-order valence-corrected chi connectivity index (χ1v) is 6.18. The van der Waals surface area contributed by atoms with Crippen LogP contribution < -0.4 is 0 Å². The molecular weight excluding hydrogens is 311 g/mol. The number of ether oxygens (including phenoxy) is 1. The molecule has 21 heavy (non-hydrogen) atoms. The Labute approximate surface area is 119 Å². The van der Waals surface area contributed by atoms with Gasteiger partial charge in [0, 0.05) is 12.4 Å². The number of carbonyl (C=O) groups is 2. The van der Waals surface area contributed by atoms with Crippen LogP contribution in [0.5, 0.6) is 0 Å². The SMILES string of the molecule is Cc1nccc(-c2cnc(C(=O)OC(=O)C(F)(F)F)s2)n1. The molecule has 0 saturated carbocycles. The van der Waals surface area contributed by atoms with Crippen molar-refractivity contribution in [3.8, 4) is 10.6 Å². The average molecular weight is 317 g/mol. The Hall–Kier alpha value is -2.36. The molecular formula is C11H6F3N3O3S. The standard InChI is InChI=1S/C11H6F3N3O3S/c1-5-15-3-2-6(17-5)7-4-16-8(21-7)9(18)20-10(19)11(12,13)14/h2-4H,1H3. The lowest BCUT2D eigenvalue weighted by Gasteiger charge is -2.03. The summed E-state index contributed by atoms with van der Waals surface area (Å²) in [7, 11) is 0. The Bertz CT molecular complexity index is 699. The van der Waals surface area contributed by atoms with E-state index in [1.807, 2.05) is 0 Å². The Morgan fingerprint density at radius 2 is 2.00 bits per heavy atom. The van der Waals surface area contributed by atoms with Gasteiger partial charge in [0.15, 0.2) is 0 Å². The Kier molecular flexibility index (Phi) is 3.98. The number of thiazole rings is 1. The minimum absolute atomic E-state index is 0.376. The summed E-state index contributed by atoms with van der Waals surface area (Å²) < 4.78 is 39.6. The van der Waals surface area contributed by atoms with Gasteiger partial charge in [0.2, 0.25) is 5.01 Å². The normalized spacial score (nSPS) is 11.2. The fraction of sp³-hybridized carbons (Fsp3) is 0.182. The highest BCUT2D eigenvalue weighted by molar-refractivity contribution is 7.16. The van der Waals surface area contributed by atoms with Gasteiger partial charge in [-0.3, -0.25) is 0 Å². The number of aromatic nitrogens is 3. The number of rotatable bonds is 2. The maximum atomic E-state index is 12.0. The van der Waals surface area contributed by atoms with E-state index in [1.54, 1.807) is 13.0 Å². The van der Waals surface area contributed by atoms with Crippen LogP contribution in [-0.2, 0) is 9.53 Å². The zero-order chi connectivity index (χ0) is 15.6. The first-order valence-electron chi connectivity index (χ1n) is 5.36.